The van der Waals surface area contributed by atoms with Gasteiger partial charge in [0, 0.05) is 17.3 Å². The van der Waals surface area contributed by atoms with Gasteiger partial charge in [-0.15, -0.1) is 11.3 Å². The van der Waals surface area contributed by atoms with Crippen molar-refractivity contribution in [3.8, 4) is 5.75 Å². The molecule has 0 saturated carbocycles. The minimum absolute atomic E-state index is 0.0265. The number of ether oxygens (including phenoxy) is 1. The van der Waals surface area contributed by atoms with Crippen molar-refractivity contribution in [1.82, 2.24) is 4.90 Å². The number of thiophene rings is 1. The molecule has 0 radical (unpaired) electrons. The molecular weight excluding hydrogens is 294 g/mol. The van der Waals surface area contributed by atoms with E-state index < -0.39 is 0 Å². The van der Waals surface area contributed by atoms with Crippen LogP contribution in [0.15, 0.2) is 60.0 Å². The minimum atomic E-state index is -0.0265. The summed E-state index contributed by atoms with van der Waals surface area (Å²) in [6.45, 7) is 0.672. The Morgan fingerprint density at radius 1 is 1.09 bits per heavy atom. The van der Waals surface area contributed by atoms with E-state index in [1.54, 1.807) is 23.3 Å². The van der Waals surface area contributed by atoms with E-state index in [9.17, 15) is 4.79 Å². The molecule has 3 aromatic rings. The van der Waals surface area contributed by atoms with Crippen molar-refractivity contribution in [2.45, 2.75) is 6.54 Å². The van der Waals surface area contributed by atoms with E-state index >= 15 is 0 Å². The van der Waals surface area contributed by atoms with Crippen molar-refractivity contribution in [1.29, 1.82) is 0 Å². The van der Waals surface area contributed by atoms with E-state index in [1.165, 1.54) is 4.88 Å². The fourth-order valence-electron chi connectivity index (χ4n) is 2.30. The lowest BCUT2D eigenvalue weighted by atomic mass is 10.1. The summed E-state index contributed by atoms with van der Waals surface area (Å²) in [7, 11) is 1.80. The summed E-state index contributed by atoms with van der Waals surface area (Å²) < 4.78 is 5.73. The van der Waals surface area contributed by atoms with Gasteiger partial charge >= 0.3 is 0 Å². The first-order valence-electron chi connectivity index (χ1n) is 7.11. The normalized spacial score (nSPS) is 10.6. The number of hydrogen-bond acceptors (Lipinski definition) is 3. The first-order chi connectivity index (χ1) is 10.7. The number of nitrogens with zero attached hydrogens (tertiary/aromatic N) is 1. The molecule has 22 heavy (non-hydrogen) atoms. The molecule has 0 bridgehead atoms. The van der Waals surface area contributed by atoms with Crippen molar-refractivity contribution in [2.75, 3.05) is 13.7 Å². The maximum Gasteiger partial charge on any atom is 0.260 e. The number of carbonyl (C=O) groups excluding carboxylic acids is 1. The maximum atomic E-state index is 12.2. The summed E-state index contributed by atoms with van der Waals surface area (Å²) in [6, 6.07) is 17.9. The van der Waals surface area contributed by atoms with Crippen molar-refractivity contribution >= 4 is 28.0 Å². The Hall–Kier alpha value is -2.33. The van der Waals surface area contributed by atoms with Crippen LogP contribution in [0.4, 0.5) is 0 Å². The van der Waals surface area contributed by atoms with Crippen LogP contribution in [0.3, 0.4) is 0 Å². The molecule has 1 aromatic heterocycles. The molecule has 112 valence electrons. The third-order valence-electron chi connectivity index (χ3n) is 3.50. The van der Waals surface area contributed by atoms with Gasteiger partial charge in [-0.3, -0.25) is 4.79 Å². The quantitative estimate of drug-likeness (QED) is 0.714. The molecule has 0 atom stereocenters. The standard InChI is InChI=1S/C18H17NO2S/c1-19(12-15-8-5-11-22-15)18(20)13-21-17-10-4-7-14-6-2-3-9-16(14)17/h2-11H,12-13H2,1H3. The summed E-state index contributed by atoms with van der Waals surface area (Å²) >= 11 is 1.65. The highest BCUT2D eigenvalue weighted by Gasteiger charge is 2.11. The number of carbonyl (C=O) groups is 1. The van der Waals surface area contributed by atoms with Crippen LogP contribution >= 0.6 is 11.3 Å². The molecule has 0 aliphatic rings. The van der Waals surface area contributed by atoms with Crippen LogP contribution in [-0.2, 0) is 11.3 Å². The first-order valence-corrected chi connectivity index (χ1v) is 7.99. The van der Waals surface area contributed by atoms with Crippen molar-refractivity contribution in [2.24, 2.45) is 0 Å². The summed E-state index contributed by atoms with van der Waals surface area (Å²) in [6.07, 6.45) is 0. The van der Waals surface area contributed by atoms with Crippen LogP contribution in [0.5, 0.6) is 5.75 Å². The second-order valence-electron chi connectivity index (χ2n) is 5.10. The van der Waals surface area contributed by atoms with Crippen LogP contribution in [0, 0.1) is 0 Å². The lowest BCUT2D eigenvalue weighted by Gasteiger charge is -2.17. The number of rotatable bonds is 5. The number of amides is 1. The largest absolute Gasteiger partial charge is 0.483 e. The molecule has 0 N–H and O–H groups in total. The molecule has 3 nitrogen and oxygen atoms in total. The third-order valence-corrected chi connectivity index (χ3v) is 4.36. The molecule has 1 heterocycles. The van der Waals surface area contributed by atoms with E-state index in [0.717, 1.165) is 16.5 Å². The van der Waals surface area contributed by atoms with E-state index in [-0.39, 0.29) is 12.5 Å². The van der Waals surface area contributed by atoms with Gasteiger partial charge in [0.05, 0.1) is 6.54 Å². The predicted octanol–water partition coefficient (Wildman–Crippen LogP) is 3.94. The third kappa shape index (κ3) is 3.28. The lowest BCUT2D eigenvalue weighted by molar-refractivity contribution is -0.132. The van der Waals surface area contributed by atoms with Gasteiger partial charge in [-0.05, 0) is 22.9 Å². The van der Waals surface area contributed by atoms with Crippen LogP contribution in [-0.4, -0.2) is 24.5 Å². The first kappa shape index (κ1) is 14.6. The predicted molar refractivity (Wildman–Crippen MR) is 90.2 cm³/mol. The monoisotopic (exact) mass is 311 g/mol. The van der Waals surface area contributed by atoms with E-state index in [4.69, 9.17) is 4.74 Å². The lowest BCUT2D eigenvalue weighted by Crippen LogP contribution is -2.30. The zero-order valence-electron chi connectivity index (χ0n) is 12.4. The van der Waals surface area contributed by atoms with Crippen LogP contribution < -0.4 is 4.74 Å². The molecular formula is C18H17NO2S. The number of likely N-dealkylation sites (N-methyl/N-ethyl adjacent to an activating group) is 1. The summed E-state index contributed by atoms with van der Waals surface area (Å²) in [5.74, 6) is 0.720. The van der Waals surface area contributed by atoms with Crippen molar-refractivity contribution in [3.63, 3.8) is 0 Å². The maximum absolute atomic E-state index is 12.2. The topological polar surface area (TPSA) is 29.5 Å². The molecule has 0 aliphatic carbocycles. The van der Waals surface area contributed by atoms with Gasteiger partial charge in [0.25, 0.3) is 5.91 Å². The molecule has 1 amide bonds. The molecule has 4 heteroatoms. The summed E-state index contributed by atoms with van der Waals surface area (Å²) in [4.78, 5) is 15.0. The fourth-order valence-corrected chi connectivity index (χ4v) is 3.05. The van der Waals surface area contributed by atoms with Gasteiger partial charge in [0.2, 0.25) is 0 Å². The molecule has 0 unspecified atom stereocenters. The van der Waals surface area contributed by atoms with E-state index in [0.29, 0.717) is 6.54 Å². The van der Waals surface area contributed by atoms with Crippen molar-refractivity contribution < 1.29 is 9.53 Å². The van der Waals surface area contributed by atoms with Gasteiger partial charge in [0.1, 0.15) is 5.75 Å². The van der Waals surface area contributed by atoms with E-state index in [1.807, 2.05) is 60.0 Å². The van der Waals surface area contributed by atoms with Crippen LogP contribution in [0.1, 0.15) is 4.88 Å². The minimum Gasteiger partial charge on any atom is -0.483 e. The molecule has 0 saturated heterocycles. The second kappa shape index (κ2) is 6.62. The van der Waals surface area contributed by atoms with E-state index in [2.05, 4.69) is 0 Å². The molecule has 0 aliphatic heterocycles. The van der Waals surface area contributed by atoms with Gasteiger partial charge < -0.3 is 9.64 Å². The fraction of sp³-hybridized carbons (Fsp3) is 0.167. The molecule has 2 aromatic carbocycles. The summed E-state index contributed by atoms with van der Waals surface area (Å²) in [5, 5.41) is 4.15. The molecule has 0 fully saturated rings. The van der Waals surface area contributed by atoms with Gasteiger partial charge in [-0.25, -0.2) is 0 Å². The van der Waals surface area contributed by atoms with Crippen LogP contribution in [0.2, 0.25) is 0 Å². The Kier molecular flexibility index (Phi) is 4.39. The van der Waals surface area contributed by atoms with Crippen molar-refractivity contribution in [3.05, 3.63) is 64.9 Å². The van der Waals surface area contributed by atoms with Crippen LogP contribution in [0.25, 0.3) is 10.8 Å². The Labute approximate surface area is 133 Å². The number of fused-ring (bicyclic) bond motifs is 1. The Morgan fingerprint density at radius 3 is 2.73 bits per heavy atom. The Morgan fingerprint density at radius 2 is 1.91 bits per heavy atom. The zero-order valence-corrected chi connectivity index (χ0v) is 13.2. The van der Waals surface area contributed by atoms with Gasteiger partial charge in [-0.1, -0.05) is 42.5 Å². The second-order valence-corrected chi connectivity index (χ2v) is 6.13. The molecule has 3 rings (SSSR count). The van der Waals surface area contributed by atoms with Gasteiger partial charge in [-0.2, -0.15) is 0 Å². The number of benzene rings is 2. The highest BCUT2D eigenvalue weighted by molar-refractivity contribution is 7.09. The highest BCUT2D eigenvalue weighted by atomic mass is 32.1. The zero-order chi connectivity index (χ0) is 15.4. The Bertz CT molecular complexity index is 762. The average molecular weight is 311 g/mol. The smallest absolute Gasteiger partial charge is 0.260 e. The average Bonchev–Trinajstić information content (AvgIpc) is 3.05. The Balaban J connectivity index is 1.65. The number of hydrogen-bond donors (Lipinski definition) is 0. The SMILES string of the molecule is CN(Cc1cccs1)C(=O)COc1cccc2ccccc12. The molecule has 0 spiro atoms. The highest BCUT2D eigenvalue weighted by Crippen LogP contribution is 2.25. The van der Waals surface area contributed by atoms with Gasteiger partial charge in [0.15, 0.2) is 6.61 Å². The summed E-state index contributed by atoms with van der Waals surface area (Å²) in [5.41, 5.74) is 0.